The van der Waals surface area contributed by atoms with Crippen LogP contribution in [-0.2, 0) is 9.59 Å². The fraction of sp³-hybridized carbons (Fsp3) is 0.100. The van der Waals surface area contributed by atoms with E-state index in [0.717, 1.165) is 33.0 Å². The standard InChI is InChI=1S/C20H14O4/c1-11(21)23-13-6-7-14-15-4-3-5-17-19(24-12(2)22)9-8-16(20(15)17)18(14)10-13/h3-10H,1-2H3. The van der Waals surface area contributed by atoms with Crippen LogP contribution >= 0.6 is 0 Å². The van der Waals surface area contributed by atoms with E-state index in [-0.39, 0.29) is 11.9 Å². The van der Waals surface area contributed by atoms with Crippen molar-refractivity contribution in [1.29, 1.82) is 0 Å². The summed E-state index contributed by atoms with van der Waals surface area (Å²) in [6, 6.07) is 15.3. The van der Waals surface area contributed by atoms with E-state index in [2.05, 4.69) is 0 Å². The summed E-state index contributed by atoms with van der Waals surface area (Å²) < 4.78 is 10.5. The van der Waals surface area contributed by atoms with Crippen LogP contribution in [0, 0.1) is 0 Å². The molecule has 0 unspecified atom stereocenters. The number of carbonyl (C=O) groups is 2. The molecule has 1 aliphatic carbocycles. The van der Waals surface area contributed by atoms with Gasteiger partial charge in [-0.05, 0) is 46.5 Å². The number of carbonyl (C=O) groups excluding carboxylic acids is 2. The summed E-state index contributed by atoms with van der Waals surface area (Å²) in [7, 11) is 0. The minimum Gasteiger partial charge on any atom is -0.427 e. The first-order valence-corrected chi connectivity index (χ1v) is 7.62. The molecule has 0 saturated carbocycles. The second-order valence-electron chi connectivity index (χ2n) is 5.73. The highest BCUT2D eigenvalue weighted by Crippen LogP contribution is 2.50. The van der Waals surface area contributed by atoms with Crippen molar-refractivity contribution in [3.63, 3.8) is 0 Å². The lowest BCUT2D eigenvalue weighted by Crippen LogP contribution is -2.01. The summed E-state index contributed by atoms with van der Waals surface area (Å²) in [5, 5.41) is 1.94. The molecule has 1 aliphatic rings. The molecular formula is C20H14O4. The highest BCUT2D eigenvalue weighted by Gasteiger charge is 2.23. The predicted molar refractivity (Wildman–Crippen MR) is 91.0 cm³/mol. The summed E-state index contributed by atoms with van der Waals surface area (Å²) in [5.41, 5.74) is 4.21. The van der Waals surface area contributed by atoms with E-state index in [0.29, 0.717) is 11.5 Å². The van der Waals surface area contributed by atoms with E-state index in [1.807, 2.05) is 36.4 Å². The molecular weight excluding hydrogens is 304 g/mol. The second-order valence-corrected chi connectivity index (χ2v) is 5.73. The van der Waals surface area contributed by atoms with Crippen LogP contribution in [0.1, 0.15) is 13.8 Å². The largest absolute Gasteiger partial charge is 0.427 e. The molecule has 4 rings (SSSR count). The van der Waals surface area contributed by atoms with Crippen molar-refractivity contribution in [1.82, 2.24) is 0 Å². The Labute approximate surface area is 138 Å². The van der Waals surface area contributed by atoms with Crippen LogP contribution in [0.5, 0.6) is 11.5 Å². The molecule has 4 heteroatoms. The summed E-state index contributed by atoms with van der Waals surface area (Å²) >= 11 is 0. The third-order valence-electron chi connectivity index (χ3n) is 4.09. The molecule has 0 heterocycles. The van der Waals surface area contributed by atoms with Crippen molar-refractivity contribution < 1.29 is 19.1 Å². The Bertz CT molecular complexity index is 1020. The van der Waals surface area contributed by atoms with E-state index >= 15 is 0 Å². The van der Waals surface area contributed by atoms with E-state index in [1.54, 1.807) is 12.1 Å². The van der Waals surface area contributed by atoms with Gasteiger partial charge in [-0.15, -0.1) is 0 Å². The van der Waals surface area contributed by atoms with Gasteiger partial charge in [-0.3, -0.25) is 9.59 Å². The van der Waals surface area contributed by atoms with E-state index < -0.39 is 0 Å². The maximum Gasteiger partial charge on any atom is 0.308 e. The van der Waals surface area contributed by atoms with Gasteiger partial charge in [0.05, 0.1) is 0 Å². The fourth-order valence-electron chi connectivity index (χ4n) is 3.28. The first-order chi connectivity index (χ1) is 11.5. The molecule has 0 aliphatic heterocycles. The van der Waals surface area contributed by atoms with Crippen molar-refractivity contribution in [3.05, 3.63) is 48.5 Å². The zero-order chi connectivity index (χ0) is 16.8. The van der Waals surface area contributed by atoms with Crippen LogP contribution in [0.4, 0.5) is 0 Å². The first-order valence-electron chi connectivity index (χ1n) is 7.62. The van der Waals surface area contributed by atoms with Gasteiger partial charge in [-0.2, -0.15) is 0 Å². The van der Waals surface area contributed by atoms with Crippen LogP contribution in [0.25, 0.3) is 33.0 Å². The van der Waals surface area contributed by atoms with Crippen LogP contribution < -0.4 is 9.47 Å². The van der Waals surface area contributed by atoms with Crippen molar-refractivity contribution in [3.8, 4) is 33.8 Å². The summed E-state index contributed by atoms with van der Waals surface area (Å²) in [5.74, 6) is 0.381. The third kappa shape index (κ3) is 2.15. The lowest BCUT2D eigenvalue weighted by molar-refractivity contribution is -0.132. The quantitative estimate of drug-likeness (QED) is 0.407. The van der Waals surface area contributed by atoms with Gasteiger partial charge in [-0.25, -0.2) is 0 Å². The molecule has 0 amide bonds. The molecule has 0 fully saturated rings. The monoisotopic (exact) mass is 318 g/mol. The number of rotatable bonds is 2. The Morgan fingerprint density at radius 2 is 1.46 bits per heavy atom. The Hall–Kier alpha value is -3.14. The Morgan fingerprint density at radius 1 is 0.750 bits per heavy atom. The number of hydrogen-bond acceptors (Lipinski definition) is 4. The first kappa shape index (κ1) is 14.5. The average molecular weight is 318 g/mol. The zero-order valence-corrected chi connectivity index (χ0v) is 13.3. The molecule has 24 heavy (non-hydrogen) atoms. The van der Waals surface area contributed by atoms with Crippen LogP contribution in [-0.4, -0.2) is 11.9 Å². The minimum absolute atomic E-state index is 0.344. The van der Waals surface area contributed by atoms with Gasteiger partial charge >= 0.3 is 11.9 Å². The number of fused-ring (bicyclic) bond motifs is 3. The second kappa shape index (κ2) is 5.20. The smallest absolute Gasteiger partial charge is 0.308 e. The van der Waals surface area contributed by atoms with Gasteiger partial charge < -0.3 is 9.47 Å². The number of ether oxygens (including phenoxy) is 2. The van der Waals surface area contributed by atoms with Gasteiger partial charge in [0.2, 0.25) is 0 Å². The van der Waals surface area contributed by atoms with Crippen molar-refractivity contribution in [2.45, 2.75) is 13.8 Å². The predicted octanol–water partition coefficient (Wildman–Crippen LogP) is 4.34. The zero-order valence-electron chi connectivity index (χ0n) is 13.3. The number of benzene rings is 3. The van der Waals surface area contributed by atoms with Gasteiger partial charge in [0, 0.05) is 24.6 Å². The molecule has 118 valence electrons. The highest BCUT2D eigenvalue weighted by molar-refractivity contribution is 6.17. The molecule has 0 radical (unpaired) electrons. The highest BCUT2D eigenvalue weighted by atomic mass is 16.5. The molecule has 3 aromatic rings. The van der Waals surface area contributed by atoms with Crippen LogP contribution in [0.3, 0.4) is 0 Å². The normalized spacial score (nSPS) is 11.2. The number of hydrogen-bond donors (Lipinski definition) is 0. The maximum absolute atomic E-state index is 11.3. The van der Waals surface area contributed by atoms with Crippen molar-refractivity contribution in [2.75, 3.05) is 0 Å². The van der Waals surface area contributed by atoms with Gasteiger partial charge in [-0.1, -0.05) is 24.3 Å². The average Bonchev–Trinajstić information content (AvgIpc) is 2.84. The van der Waals surface area contributed by atoms with Crippen molar-refractivity contribution >= 4 is 22.7 Å². The molecule has 4 nitrogen and oxygen atoms in total. The Balaban J connectivity index is 1.95. The SMILES string of the molecule is CC(=O)Oc1ccc2c(c1)-c1ccc(OC(C)=O)c3cccc-2c13. The van der Waals surface area contributed by atoms with Crippen molar-refractivity contribution in [2.24, 2.45) is 0 Å². The van der Waals surface area contributed by atoms with Gasteiger partial charge in [0.15, 0.2) is 0 Å². The molecule has 0 N–H and O–H groups in total. The Kier molecular flexibility index (Phi) is 3.13. The molecule has 0 atom stereocenters. The third-order valence-corrected chi connectivity index (χ3v) is 4.09. The summed E-state index contributed by atoms with van der Waals surface area (Å²) in [6.07, 6.45) is 0. The lowest BCUT2D eigenvalue weighted by Gasteiger charge is -2.08. The van der Waals surface area contributed by atoms with E-state index in [4.69, 9.17) is 9.47 Å². The topological polar surface area (TPSA) is 52.6 Å². The summed E-state index contributed by atoms with van der Waals surface area (Å²) in [4.78, 5) is 22.5. The van der Waals surface area contributed by atoms with Gasteiger partial charge in [0.1, 0.15) is 11.5 Å². The Morgan fingerprint density at radius 3 is 2.21 bits per heavy atom. The number of esters is 2. The summed E-state index contributed by atoms with van der Waals surface area (Å²) in [6.45, 7) is 2.78. The molecule has 0 saturated heterocycles. The molecule has 0 bridgehead atoms. The molecule has 3 aromatic carbocycles. The maximum atomic E-state index is 11.3. The van der Waals surface area contributed by atoms with Gasteiger partial charge in [0.25, 0.3) is 0 Å². The van der Waals surface area contributed by atoms with Crippen LogP contribution in [0.2, 0.25) is 0 Å². The minimum atomic E-state index is -0.346. The van der Waals surface area contributed by atoms with Crippen LogP contribution in [0.15, 0.2) is 48.5 Å². The fourth-order valence-corrected chi connectivity index (χ4v) is 3.28. The van der Waals surface area contributed by atoms with E-state index in [1.165, 1.54) is 13.8 Å². The van der Waals surface area contributed by atoms with E-state index in [9.17, 15) is 9.59 Å². The molecule has 0 aromatic heterocycles. The lowest BCUT2D eigenvalue weighted by atomic mass is 10.0. The molecule has 0 spiro atoms.